The van der Waals surface area contributed by atoms with Crippen LogP contribution in [0.1, 0.15) is 70.2 Å². The SMILES string of the molecule is CC(C)Cc1ccc2c(c1)NCCC2.CC(C)Cc1ccc2c(c1)NCCO2.CC(C)Cc1ccc2c(c1)OCCO2. The highest BCUT2D eigenvalue weighted by Gasteiger charge is 2.12. The van der Waals surface area contributed by atoms with E-state index in [0.29, 0.717) is 25.0 Å². The number of hydrogen-bond acceptors (Lipinski definition) is 5. The van der Waals surface area contributed by atoms with Gasteiger partial charge in [-0.2, -0.15) is 0 Å². The van der Waals surface area contributed by atoms with Crippen molar-refractivity contribution in [1.29, 1.82) is 0 Å². The Balaban J connectivity index is 0.000000145. The first kappa shape index (κ1) is 31.6. The van der Waals surface area contributed by atoms with Gasteiger partial charge < -0.3 is 24.8 Å². The summed E-state index contributed by atoms with van der Waals surface area (Å²) in [5.41, 5.74) is 8.18. The third-order valence-corrected chi connectivity index (χ3v) is 7.37. The molecule has 3 aliphatic heterocycles. The maximum absolute atomic E-state index is 5.52. The summed E-state index contributed by atoms with van der Waals surface area (Å²) < 4.78 is 16.5. The third-order valence-electron chi connectivity index (χ3n) is 7.37. The summed E-state index contributed by atoms with van der Waals surface area (Å²) in [6.07, 6.45) is 5.93. The molecular weight excluding hydrogens is 520 g/mol. The Bertz CT molecular complexity index is 1110. The summed E-state index contributed by atoms with van der Waals surface area (Å²) in [5.74, 6) is 4.90. The van der Waals surface area contributed by atoms with E-state index < -0.39 is 0 Å². The average molecular weight is 573 g/mol. The molecule has 0 aromatic heterocycles. The van der Waals surface area contributed by atoms with E-state index in [2.05, 4.69) is 101 Å². The van der Waals surface area contributed by atoms with Gasteiger partial charge in [0.15, 0.2) is 11.5 Å². The molecule has 228 valence electrons. The standard InChI is InChI=1S/C13H19N.C12H17NO.C12H16O2/c1-10(2)8-11-5-6-12-4-3-7-14-13(12)9-11;1-9(2)7-10-3-4-12-11(8-10)13-5-6-14-12;1-9(2)7-10-3-4-11-12(8-10)14-6-5-13-11/h5-6,9-10,14H,3-4,7-8H2,1-2H3;3-4,8-9,13H,5-7H2,1-2H3;3-4,8-9H,5-7H2,1-2H3. The van der Waals surface area contributed by atoms with Gasteiger partial charge in [-0.25, -0.2) is 0 Å². The third kappa shape index (κ3) is 9.89. The second-order valence-corrected chi connectivity index (χ2v) is 12.9. The van der Waals surface area contributed by atoms with Crippen LogP contribution in [0.15, 0.2) is 54.6 Å². The number of fused-ring (bicyclic) bond motifs is 3. The number of rotatable bonds is 6. The topological polar surface area (TPSA) is 51.8 Å². The Morgan fingerprint density at radius 1 is 0.548 bits per heavy atom. The smallest absolute Gasteiger partial charge is 0.161 e. The summed E-state index contributed by atoms with van der Waals surface area (Å²) in [4.78, 5) is 0. The van der Waals surface area contributed by atoms with Crippen molar-refractivity contribution in [2.24, 2.45) is 17.8 Å². The number of anilines is 2. The second-order valence-electron chi connectivity index (χ2n) is 12.9. The van der Waals surface area contributed by atoms with Crippen LogP contribution in [0.25, 0.3) is 0 Å². The van der Waals surface area contributed by atoms with E-state index in [1.165, 1.54) is 47.2 Å². The van der Waals surface area contributed by atoms with Gasteiger partial charge in [0.05, 0.1) is 5.69 Å². The van der Waals surface area contributed by atoms with E-state index in [-0.39, 0.29) is 0 Å². The van der Waals surface area contributed by atoms with Crippen LogP contribution in [0.5, 0.6) is 17.2 Å². The molecule has 0 spiro atoms. The van der Waals surface area contributed by atoms with E-state index in [1.54, 1.807) is 0 Å². The molecule has 6 rings (SSSR count). The first-order valence-electron chi connectivity index (χ1n) is 16.0. The monoisotopic (exact) mass is 572 g/mol. The van der Waals surface area contributed by atoms with Crippen molar-refractivity contribution >= 4 is 11.4 Å². The van der Waals surface area contributed by atoms with E-state index in [0.717, 1.165) is 61.4 Å². The van der Waals surface area contributed by atoms with Gasteiger partial charge in [0.2, 0.25) is 0 Å². The fourth-order valence-corrected chi connectivity index (χ4v) is 5.58. The maximum atomic E-state index is 5.52. The Morgan fingerprint density at radius 2 is 1.07 bits per heavy atom. The number of benzene rings is 3. The lowest BCUT2D eigenvalue weighted by molar-refractivity contribution is 0.171. The molecular formula is C37H52N2O3. The van der Waals surface area contributed by atoms with Crippen molar-refractivity contribution < 1.29 is 14.2 Å². The predicted molar refractivity (Wildman–Crippen MR) is 177 cm³/mol. The molecule has 3 aliphatic rings. The average Bonchev–Trinajstić information content (AvgIpc) is 2.97. The fraction of sp³-hybridized carbons (Fsp3) is 0.514. The van der Waals surface area contributed by atoms with E-state index in [9.17, 15) is 0 Å². The Morgan fingerprint density at radius 3 is 1.74 bits per heavy atom. The Labute approximate surface area is 254 Å². The largest absolute Gasteiger partial charge is 0.490 e. The molecule has 0 bridgehead atoms. The van der Waals surface area contributed by atoms with E-state index in [1.807, 2.05) is 6.07 Å². The van der Waals surface area contributed by atoms with Crippen molar-refractivity contribution in [3.05, 3.63) is 76.9 Å². The lowest BCUT2D eigenvalue weighted by atomic mass is 9.97. The van der Waals surface area contributed by atoms with Crippen LogP contribution in [-0.4, -0.2) is 32.9 Å². The molecule has 42 heavy (non-hydrogen) atoms. The first-order valence-corrected chi connectivity index (χ1v) is 16.0. The van der Waals surface area contributed by atoms with E-state index >= 15 is 0 Å². The first-order chi connectivity index (χ1) is 20.3. The van der Waals surface area contributed by atoms with Crippen LogP contribution in [0, 0.1) is 17.8 Å². The molecule has 0 aliphatic carbocycles. The number of ether oxygens (including phenoxy) is 3. The zero-order valence-corrected chi connectivity index (χ0v) is 26.7. The molecule has 5 nitrogen and oxygen atoms in total. The van der Waals surface area contributed by atoms with Crippen molar-refractivity contribution in [2.45, 2.75) is 73.6 Å². The van der Waals surface area contributed by atoms with E-state index in [4.69, 9.17) is 14.2 Å². The highest BCUT2D eigenvalue weighted by atomic mass is 16.6. The summed E-state index contributed by atoms with van der Waals surface area (Å²) in [5, 5.41) is 6.83. The van der Waals surface area contributed by atoms with Gasteiger partial charge >= 0.3 is 0 Å². The highest BCUT2D eigenvalue weighted by molar-refractivity contribution is 5.59. The number of hydrogen-bond donors (Lipinski definition) is 2. The molecule has 0 unspecified atom stereocenters. The van der Waals surface area contributed by atoms with Crippen LogP contribution >= 0.6 is 0 Å². The number of aryl methyl sites for hydroxylation is 1. The minimum atomic E-state index is 0.663. The van der Waals surface area contributed by atoms with Gasteiger partial charge in [0, 0.05) is 18.8 Å². The minimum absolute atomic E-state index is 0.663. The zero-order chi connectivity index (χ0) is 29.9. The molecule has 0 amide bonds. The normalized spacial score (nSPS) is 14.7. The van der Waals surface area contributed by atoms with Gasteiger partial charge in [0.25, 0.3) is 0 Å². The molecule has 0 atom stereocenters. The van der Waals surface area contributed by atoms with Crippen LogP contribution in [0.4, 0.5) is 11.4 Å². The molecule has 0 saturated heterocycles. The highest BCUT2D eigenvalue weighted by Crippen LogP contribution is 2.31. The van der Waals surface area contributed by atoms with Gasteiger partial charge in [-0.1, -0.05) is 65.8 Å². The zero-order valence-electron chi connectivity index (χ0n) is 26.7. The van der Waals surface area contributed by atoms with Crippen LogP contribution < -0.4 is 24.8 Å². The summed E-state index contributed by atoms with van der Waals surface area (Å²) >= 11 is 0. The van der Waals surface area contributed by atoms with Crippen molar-refractivity contribution in [3.8, 4) is 17.2 Å². The molecule has 3 aromatic carbocycles. The maximum Gasteiger partial charge on any atom is 0.161 e. The second kappa shape index (κ2) is 15.8. The number of nitrogens with one attached hydrogen (secondary N) is 2. The van der Waals surface area contributed by atoms with Crippen LogP contribution in [-0.2, 0) is 25.7 Å². The molecule has 0 radical (unpaired) electrons. The lowest BCUT2D eigenvalue weighted by Crippen LogP contribution is -2.18. The molecule has 3 aromatic rings. The van der Waals surface area contributed by atoms with Crippen LogP contribution in [0.3, 0.4) is 0 Å². The fourth-order valence-electron chi connectivity index (χ4n) is 5.58. The lowest BCUT2D eigenvalue weighted by Gasteiger charge is -2.20. The van der Waals surface area contributed by atoms with Gasteiger partial charge in [0.1, 0.15) is 25.6 Å². The molecule has 2 N–H and O–H groups in total. The Hall–Kier alpha value is -3.34. The molecule has 5 heteroatoms. The minimum Gasteiger partial charge on any atom is -0.490 e. The molecule has 0 saturated carbocycles. The predicted octanol–water partition coefficient (Wildman–Crippen LogP) is 8.59. The van der Waals surface area contributed by atoms with Crippen molar-refractivity contribution in [2.75, 3.05) is 43.5 Å². The van der Waals surface area contributed by atoms with Crippen molar-refractivity contribution in [3.63, 3.8) is 0 Å². The molecule has 3 heterocycles. The van der Waals surface area contributed by atoms with Gasteiger partial charge in [-0.15, -0.1) is 0 Å². The summed E-state index contributed by atoms with van der Waals surface area (Å²) in [6, 6.07) is 19.5. The summed E-state index contributed by atoms with van der Waals surface area (Å²) in [6.45, 7) is 17.6. The quantitative estimate of drug-likeness (QED) is 0.310. The van der Waals surface area contributed by atoms with Gasteiger partial charge in [-0.3, -0.25) is 0 Å². The molecule has 0 fully saturated rings. The summed E-state index contributed by atoms with van der Waals surface area (Å²) in [7, 11) is 0. The Kier molecular flexibility index (Phi) is 11.9. The van der Waals surface area contributed by atoms with Crippen molar-refractivity contribution in [1.82, 2.24) is 0 Å². The van der Waals surface area contributed by atoms with Gasteiger partial charge in [-0.05, 0) is 102 Å². The van der Waals surface area contributed by atoms with Crippen LogP contribution in [0.2, 0.25) is 0 Å².